The molecule has 9 heteroatoms. The monoisotopic (exact) mass is 497 g/mol. The lowest BCUT2D eigenvalue weighted by Crippen LogP contribution is -2.52. The summed E-state index contributed by atoms with van der Waals surface area (Å²) in [6, 6.07) is 11.3. The van der Waals surface area contributed by atoms with Gasteiger partial charge in [-0.3, -0.25) is 19.7 Å². The molecule has 1 aromatic heterocycles. The number of hydrogen-bond acceptors (Lipinski definition) is 7. The molecular formula is C28H27N5O4. The number of aryl methyl sites for hydroxylation is 2. The van der Waals surface area contributed by atoms with Crippen molar-refractivity contribution in [3.8, 4) is 5.75 Å². The van der Waals surface area contributed by atoms with Crippen molar-refractivity contribution in [2.75, 3.05) is 12.4 Å². The molecule has 2 aromatic carbocycles. The summed E-state index contributed by atoms with van der Waals surface area (Å²) in [6.07, 6.45) is 6.35. The lowest BCUT2D eigenvalue weighted by atomic mass is 10.0. The van der Waals surface area contributed by atoms with Gasteiger partial charge >= 0.3 is 0 Å². The molecule has 0 bridgehead atoms. The smallest absolute Gasteiger partial charge is 0.259 e. The number of amides is 3. The maximum Gasteiger partial charge on any atom is 0.259 e. The molecule has 0 radical (unpaired) electrons. The number of ether oxygens (including phenoxy) is 1. The Morgan fingerprint density at radius 2 is 1.95 bits per heavy atom. The highest BCUT2D eigenvalue weighted by atomic mass is 16.5. The Labute approximate surface area is 214 Å². The van der Waals surface area contributed by atoms with Gasteiger partial charge in [0.2, 0.25) is 11.8 Å². The number of carbonyl (C=O) groups is 3. The number of fused-ring (bicyclic) bond motifs is 2. The normalized spacial score (nSPS) is 18.5. The Bertz CT molecular complexity index is 1440. The van der Waals surface area contributed by atoms with Crippen molar-refractivity contribution < 1.29 is 19.1 Å². The van der Waals surface area contributed by atoms with Crippen molar-refractivity contribution in [3.05, 3.63) is 76.2 Å². The van der Waals surface area contributed by atoms with E-state index in [-0.39, 0.29) is 24.8 Å². The number of aromatic nitrogens is 2. The number of carbonyl (C=O) groups excluding carboxylic acids is 3. The zero-order chi connectivity index (χ0) is 25.5. The second kappa shape index (κ2) is 9.31. The van der Waals surface area contributed by atoms with Crippen LogP contribution in [0.3, 0.4) is 0 Å². The van der Waals surface area contributed by atoms with Gasteiger partial charge in [-0.15, -0.1) is 0 Å². The van der Waals surface area contributed by atoms with Crippen molar-refractivity contribution in [2.24, 2.45) is 0 Å². The largest absolute Gasteiger partial charge is 0.496 e. The summed E-state index contributed by atoms with van der Waals surface area (Å²) in [4.78, 5) is 48.2. The first-order valence-corrected chi connectivity index (χ1v) is 12.5. The molecular weight excluding hydrogens is 470 g/mol. The molecule has 1 fully saturated rings. The highest BCUT2D eigenvalue weighted by molar-refractivity contribution is 6.07. The third kappa shape index (κ3) is 4.30. The second-order valence-electron chi connectivity index (χ2n) is 9.69. The van der Waals surface area contributed by atoms with Gasteiger partial charge < -0.3 is 15.0 Å². The van der Waals surface area contributed by atoms with E-state index >= 15 is 0 Å². The second-order valence-corrected chi connectivity index (χ2v) is 9.69. The van der Waals surface area contributed by atoms with Crippen molar-refractivity contribution in [1.29, 1.82) is 0 Å². The van der Waals surface area contributed by atoms with Crippen LogP contribution in [0, 0.1) is 0 Å². The molecule has 3 aromatic rings. The molecule has 1 saturated heterocycles. The summed E-state index contributed by atoms with van der Waals surface area (Å²) in [6.45, 7) is 0.229. The average Bonchev–Trinajstić information content (AvgIpc) is 3.49. The molecule has 1 aliphatic carbocycles. The van der Waals surface area contributed by atoms with Crippen LogP contribution in [0.2, 0.25) is 0 Å². The van der Waals surface area contributed by atoms with Crippen LogP contribution in [0.4, 0.5) is 11.5 Å². The summed E-state index contributed by atoms with van der Waals surface area (Å²) in [7, 11) is 1.51. The van der Waals surface area contributed by atoms with Gasteiger partial charge in [-0.2, -0.15) is 0 Å². The summed E-state index contributed by atoms with van der Waals surface area (Å²) in [5.74, 6) is 0.716. The maximum atomic E-state index is 13.4. The zero-order valence-electron chi connectivity index (χ0n) is 20.5. The molecule has 37 heavy (non-hydrogen) atoms. The molecule has 3 heterocycles. The number of rotatable bonds is 6. The molecule has 1 atom stereocenters. The minimum absolute atomic E-state index is 0.201. The number of methoxy groups -OCH3 is 1. The predicted molar refractivity (Wildman–Crippen MR) is 136 cm³/mol. The van der Waals surface area contributed by atoms with E-state index in [1.165, 1.54) is 35.1 Å². The van der Waals surface area contributed by atoms with E-state index in [4.69, 9.17) is 9.72 Å². The highest BCUT2D eigenvalue weighted by Gasteiger charge is 2.41. The van der Waals surface area contributed by atoms with Crippen molar-refractivity contribution in [1.82, 2.24) is 20.2 Å². The SMILES string of the molecule is COc1ccc(Nc2ccnc(Cc3ccc4c(c3)CCC4)n2)c2c1C(=O)N(C1CCC(=O)NC1=O)C2. The molecule has 2 N–H and O–H groups in total. The Morgan fingerprint density at radius 1 is 1.08 bits per heavy atom. The van der Waals surface area contributed by atoms with Crippen LogP contribution >= 0.6 is 0 Å². The first kappa shape index (κ1) is 23.1. The minimum Gasteiger partial charge on any atom is -0.496 e. The van der Waals surface area contributed by atoms with Crippen LogP contribution in [-0.4, -0.2) is 45.7 Å². The van der Waals surface area contributed by atoms with Gasteiger partial charge in [0.15, 0.2) is 0 Å². The molecule has 1 unspecified atom stereocenters. The first-order chi connectivity index (χ1) is 18.0. The Kier molecular flexibility index (Phi) is 5.82. The lowest BCUT2D eigenvalue weighted by molar-refractivity contribution is -0.136. The molecule has 3 amide bonds. The number of piperidine rings is 1. The third-order valence-electron chi connectivity index (χ3n) is 7.38. The van der Waals surface area contributed by atoms with Gasteiger partial charge in [0.1, 0.15) is 23.4 Å². The van der Waals surface area contributed by atoms with Crippen LogP contribution in [0.1, 0.15) is 57.7 Å². The fraction of sp³-hybridized carbons (Fsp3) is 0.321. The van der Waals surface area contributed by atoms with Crippen LogP contribution in [0.15, 0.2) is 42.6 Å². The summed E-state index contributed by atoms with van der Waals surface area (Å²) in [5, 5.41) is 5.69. The molecule has 188 valence electrons. The van der Waals surface area contributed by atoms with Crippen molar-refractivity contribution in [3.63, 3.8) is 0 Å². The molecule has 9 nitrogen and oxygen atoms in total. The van der Waals surface area contributed by atoms with Gasteiger partial charge in [-0.05, 0) is 60.6 Å². The van der Waals surface area contributed by atoms with Crippen LogP contribution in [-0.2, 0) is 35.4 Å². The zero-order valence-corrected chi connectivity index (χ0v) is 20.5. The van der Waals surface area contributed by atoms with E-state index < -0.39 is 11.9 Å². The number of hydrogen-bond donors (Lipinski definition) is 2. The van der Waals surface area contributed by atoms with E-state index in [2.05, 4.69) is 33.8 Å². The van der Waals surface area contributed by atoms with Crippen LogP contribution < -0.4 is 15.4 Å². The summed E-state index contributed by atoms with van der Waals surface area (Å²) in [5.41, 5.74) is 5.91. The quantitative estimate of drug-likeness (QED) is 0.503. The Hall–Kier alpha value is -4.27. The maximum absolute atomic E-state index is 13.4. The van der Waals surface area contributed by atoms with E-state index in [1.807, 2.05) is 6.07 Å². The lowest BCUT2D eigenvalue weighted by Gasteiger charge is -2.29. The van der Waals surface area contributed by atoms with Gasteiger partial charge in [0, 0.05) is 36.8 Å². The van der Waals surface area contributed by atoms with E-state index in [9.17, 15) is 14.4 Å². The summed E-state index contributed by atoms with van der Waals surface area (Å²) < 4.78 is 5.47. The Balaban J connectivity index is 1.25. The van der Waals surface area contributed by atoms with Gasteiger partial charge in [0.05, 0.1) is 12.7 Å². The van der Waals surface area contributed by atoms with E-state index in [1.54, 1.807) is 18.3 Å². The molecule has 6 rings (SSSR count). The summed E-state index contributed by atoms with van der Waals surface area (Å²) >= 11 is 0. The predicted octanol–water partition coefficient (Wildman–Crippen LogP) is 3.07. The fourth-order valence-corrected chi connectivity index (χ4v) is 5.54. The first-order valence-electron chi connectivity index (χ1n) is 12.5. The average molecular weight is 498 g/mol. The van der Waals surface area contributed by atoms with E-state index in [0.29, 0.717) is 41.5 Å². The van der Waals surface area contributed by atoms with Gasteiger partial charge in [-0.25, -0.2) is 9.97 Å². The topological polar surface area (TPSA) is 114 Å². The fourth-order valence-electron chi connectivity index (χ4n) is 5.54. The number of benzene rings is 2. The van der Waals surface area contributed by atoms with Gasteiger partial charge in [-0.1, -0.05) is 18.2 Å². The number of imide groups is 1. The molecule has 3 aliphatic rings. The number of nitrogens with one attached hydrogen (secondary N) is 2. The molecule has 2 aliphatic heterocycles. The highest BCUT2D eigenvalue weighted by Crippen LogP contribution is 2.38. The minimum atomic E-state index is -0.701. The standard InChI is InChI=1S/C28H27N5O4/c1-37-22-9-7-20(19-15-33(28(36)26(19)22)21-8-10-25(34)32-27(21)35)30-23-11-12-29-24(31-23)14-16-5-6-17-3-2-4-18(17)13-16/h5-7,9,11-13,21H,2-4,8,10,14-15H2,1H3,(H,29,30,31)(H,32,34,35). The van der Waals surface area contributed by atoms with Crippen molar-refractivity contribution in [2.45, 2.75) is 51.1 Å². The van der Waals surface area contributed by atoms with Gasteiger partial charge in [0.25, 0.3) is 5.91 Å². The Morgan fingerprint density at radius 3 is 2.78 bits per heavy atom. The molecule has 0 saturated carbocycles. The van der Waals surface area contributed by atoms with Crippen LogP contribution in [0.25, 0.3) is 0 Å². The number of anilines is 2. The third-order valence-corrected chi connectivity index (χ3v) is 7.38. The van der Waals surface area contributed by atoms with E-state index in [0.717, 1.165) is 18.4 Å². The molecule has 0 spiro atoms. The number of nitrogens with zero attached hydrogens (tertiary/aromatic N) is 3. The van der Waals surface area contributed by atoms with Crippen LogP contribution in [0.5, 0.6) is 5.75 Å². The van der Waals surface area contributed by atoms with Crippen molar-refractivity contribution >= 4 is 29.2 Å².